The number of carboxylic acid groups (broad SMARTS) is 1. The van der Waals surface area contributed by atoms with Crippen LogP contribution >= 0.6 is 0 Å². The van der Waals surface area contributed by atoms with Gasteiger partial charge >= 0.3 is 5.97 Å². The first-order valence-electron chi connectivity index (χ1n) is 5.56. The van der Waals surface area contributed by atoms with E-state index in [0.717, 1.165) is 51.5 Å². The lowest BCUT2D eigenvalue weighted by molar-refractivity contribution is -0.152. The monoisotopic (exact) mass is 197 g/mol. The van der Waals surface area contributed by atoms with Gasteiger partial charge in [0.15, 0.2) is 0 Å². The summed E-state index contributed by atoms with van der Waals surface area (Å²) in [5.41, 5.74) is 5.71. The first kappa shape index (κ1) is 9.97. The van der Waals surface area contributed by atoms with E-state index in [1.807, 2.05) is 0 Å². The largest absolute Gasteiger partial charge is 0.481 e. The molecule has 14 heavy (non-hydrogen) atoms. The standard InChI is InChI=1S/C11H19NO2/c12-8-10-2-1-3-11(6-4-10,7-5-10)9(13)14/h1-8,12H2,(H,13,14). The second-order valence-corrected chi connectivity index (χ2v) is 5.14. The van der Waals surface area contributed by atoms with Crippen molar-refractivity contribution >= 4 is 5.97 Å². The molecule has 0 aromatic rings. The van der Waals surface area contributed by atoms with Crippen LogP contribution in [0.4, 0.5) is 0 Å². The van der Waals surface area contributed by atoms with Gasteiger partial charge in [0.2, 0.25) is 0 Å². The fourth-order valence-corrected chi connectivity index (χ4v) is 3.19. The summed E-state index contributed by atoms with van der Waals surface area (Å²) in [4.78, 5) is 11.2. The molecule has 3 N–H and O–H groups in total. The smallest absolute Gasteiger partial charge is 0.309 e. The van der Waals surface area contributed by atoms with Gasteiger partial charge in [-0.15, -0.1) is 0 Å². The Kier molecular flexibility index (Phi) is 2.30. The topological polar surface area (TPSA) is 63.3 Å². The molecule has 3 rings (SSSR count). The van der Waals surface area contributed by atoms with E-state index in [9.17, 15) is 9.90 Å². The molecule has 0 spiro atoms. The van der Waals surface area contributed by atoms with Crippen LogP contribution in [0.1, 0.15) is 44.9 Å². The zero-order valence-corrected chi connectivity index (χ0v) is 8.59. The molecule has 0 saturated heterocycles. The van der Waals surface area contributed by atoms with E-state index >= 15 is 0 Å². The van der Waals surface area contributed by atoms with Crippen LogP contribution in [0.3, 0.4) is 0 Å². The van der Waals surface area contributed by atoms with Gasteiger partial charge in [-0.25, -0.2) is 0 Å². The summed E-state index contributed by atoms with van der Waals surface area (Å²) >= 11 is 0. The second kappa shape index (κ2) is 3.23. The van der Waals surface area contributed by atoms with Gasteiger partial charge in [-0.1, -0.05) is 6.42 Å². The molecule has 0 radical (unpaired) electrons. The number of rotatable bonds is 2. The lowest BCUT2D eigenvalue weighted by Gasteiger charge is -2.40. The number of carboxylic acids is 1. The Hall–Kier alpha value is -0.570. The normalized spacial score (nSPS) is 42.1. The quantitative estimate of drug-likeness (QED) is 0.709. The van der Waals surface area contributed by atoms with Crippen molar-refractivity contribution < 1.29 is 9.90 Å². The number of hydrogen-bond acceptors (Lipinski definition) is 2. The molecule has 0 amide bonds. The minimum Gasteiger partial charge on any atom is -0.481 e. The first-order chi connectivity index (χ1) is 6.63. The third kappa shape index (κ3) is 1.34. The highest BCUT2D eigenvalue weighted by Gasteiger charge is 2.48. The Morgan fingerprint density at radius 1 is 1.14 bits per heavy atom. The maximum absolute atomic E-state index is 11.2. The molecule has 0 unspecified atom stereocenters. The van der Waals surface area contributed by atoms with Crippen LogP contribution in [0.15, 0.2) is 0 Å². The van der Waals surface area contributed by atoms with E-state index in [1.54, 1.807) is 0 Å². The molecule has 3 fully saturated rings. The van der Waals surface area contributed by atoms with Crippen LogP contribution in [-0.2, 0) is 4.79 Å². The van der Waals surface area contributed by atoms with Crippen LogP contribution in [0.5, 0.6) is 0 Å². The van der Waals surface area contributed by atoms with Gasteiger partial charge in [-0.2, -0.15) is 0 Å². The molecule has 0 aromatic carbocycles. The summed E-state index contributed by atoms with van der Waals surface area (Å²) in [6, 6.07) is 0. The van der Waals surface area contributed by atoms with Crippen molar-refractivity contribution in [1.29, 1.82) is 0 Å². The fraction of sp³-hybridized carbons (Fsp3) is 0.909. The Morgan fingerprint density at radius 3 is 2.29 bits per heavy atom. The highest BCUT2D eigenvalue weighted by molar-refractivity contribution is 5.74. The highest BCUT2D eigenvalue weighted by Crippen LogP contribution is 2.53. The van der Waals surface area contributed by atoms with Crippen molar-refractivity contribution in [3.05, 3.63) is 0 Å². The van der Waals surface area contributed by atoms with Crippen LogP contribution in [0.2, 0.25) is 0 Å². The van der Waals surface area contributed by atoms with Crippen LogP contribution in [0.25, 0.3) is 0 Å². The van der Waals surface area contributed by atoms with Gasteiger partial charge in [0.05, 0.1) is 5.41 Å². The predicted octanol–water partition coefficient (Wildman–Crippen LogP) is 1.76. The molecule has 3 aliphatic carbocycles. The van der Waals surface area contributed by atoms with E-state index < -0.39 is 11.4 Å². The summed E-state index contributed by atoms with van der Waals surface area (Å²) in [5.74, 6) is -0.579. The van der Waals surface area contributed by atoms with Gasteiger partial charge in [0, 0.05) is 0 Å². The minimum absolute atomic E-state index is 0.287. The molecule has 3 saturated carbocycles. The first-order valence-corrected chi connectivity index (χ1v) is 5.56. The Morgan fingerprint density at radius 2 is 1.79 bits per heavy atom. The lowest BCUT2D eigenvalue weighted by atomic mass is 9.65. The van der Waals surface area contributed by atoms with E-state index in [4.69, 9.17) is 5.73 Å². The fourth-order valence-electron chi connectivity index (χ4n) is 3.19. The molecule has 0 atom stereocenters. The zero-order chi connectivity index (χ0) is 10.2. The summed E-state index contributed by atoms with van der Waals surface area (Å²) in [7, 11) is 0. The molecular formula is C11H19NO2. The Bertz CT molecular complexity index is 242. The maximum Gasteiger partial charge on any atom is 0.309 e. The molecule has 3 heteroatoms. The lowest BCUT2D eigenvalue weighted by Crippen LogP contribution is -2.39. The van der Waals surface area contributed by atoms with Crippen molar-refractivity contribution in [2.45, 2.75) is 44.9 Å². The molecular weight excluding hydrogens is 178 g/mol. The zero-order valence-electron chi connectivity index (χ0n) is 8.59. The number of fused-ring (bicyclic) bond motifs is 4. The molecule has 3 aliphatic rings. The number of aliphatic carboxylic acids is 1. The molecule has 0 aromatic heterocycles. The van der Waals surface area contributed by atoms with Gasteiger partial charge < -0.3 is 10.8 Å². The average molecular weight is 197 g/mol. The van der Waals surface area contributed by atoms with Gasteiger partial charge in [0.25, 0.3) is 0 Å². The highest BCUT2D eigenvalue weighted by atomic mass is 16.4. The SMILES string of the molecule is NCC12CCCC(C(=O)O)(CC1)CC2. The van der Waals surface area contributed by atoms with Crippen LogP contribution in [0, 0.1) is 10.8 Å². The molecule has 3 nitrogen and oxygen atoms in total. The van der Waals surface area contributed by atoms with Crippen molar-refractivity contribution in [2.75, 3.05) is 6.54 Å². The minimum atomic E-state index is -0.579. The average Bonchev–Trinajstić information content (AvgIpc) is 2.49. The van der Waals surface area contributed by atoms with E-state index in [-0.39, 0.29) is 5.41 Å². The van der Waals surface area contributed by atoms with Gasteiger partial charge in [0.1, 0.15) is 0 Å². The summed E-state index contributed by atoms with van der Waals surface area (Å²) in [5, 5.41) is 9.26. The molecule has 0 heterocycles. The van der Waals surface area contributed by atoms with Gasteiger partial charge in [-0.3, -0.25) is 4.79 Å². The van der Waals surface area contributed by atoms with Gasteiger partial charge in [-0.05, 0) is 50.5 Å². The summed E-state index contributed by atoms with van der Waals surface area (Å²) in [6.07, 6.45) is 6.79. The molecule has 0 aliphatic heterocycles. The molecule has 80 valence electrons. The van der Waals surface area contributed by atoms with E-state index in [1.165, 1.54) is 0 Å². The number of carbonyl (C=O) groups is 1. The number of nitrogens with two attached hydrogens (primary N) is 1. The Labute approximate surface area is 84.7 Å². The maximum atomic E-state index is 11.2. The predicted molar refractivity (Wildman–Crippen MR) is 53.9 cm³/mol. The van der Waals surface area contributed by atoms with E-state index in [0.29, 0.717) is 0 Å². The van der Waals surface area contributed by atoms with Crippen molar-refractivity contribution in [2.24, 2.45) is 16.6 Å². The van der Waals surface area contributed by atoms with Crippen molar-refractivity contribution in [3.63, 3.8) is 0 Å². The third-order valence-corrected chi connectivity index (χ3v) is 4.52. The number of hydrogen-bond donors (Lipinski definition) is 2. The summed E-state index contributed by atoms with van der Waals surface area (Å²) in [6.45, 7) is 0.739. The van der Waals surface area contributed by atoms with Crippen LogP contribution in [-0.4, -0.2) is 17.6 Å². The molecule has 2 bridgehead atoms. The van der Waals surface area contributed by atoms with E-state index in [2.05, 4.69) is 0 Å². The van der Waals surface area contributed by atoms with Crippen molar-refractivity contribution in [3.8, 4) is 0 Å². The van der Waals surface area contributed by atoms with Crippen LogP contribution < -0.4 is 5.73 Å². The van der Waals surface area contributed by atoms with Crippen molar-refractivity contribution in [1.82, 2.24) is 0 Å². The Balaban J connectivity index is 2.20. The summed E-state index contributed by atoms with van der Waals surface area (Å²) < 4.78 is 0. The third-order valence-electron chi connectivity index (χ3n) is 4.52. The second-order valence-electron chi connectivity index (χ2n) is 5.14.